The van der Waals surface area contributed by atoms with Crippen LogP contribution in [-0.2, 0) is 9.84 Å². The molecule has 18 heavy (non-hydrogen) atoms. The van der Waals surface area contributed by atoms with E-state index in [-0.39, 0.29) is 17.7 Å². The topological polar surface area (TPSA) is 60.2 Å². The Labute approximate surface area is 109 Å². The first kappa shape index (κ1) is 13.6. The number of hydrogen-bond acceptors (Lipinski definition) is 3. The molecule has 0 aliphatic carbocycles. The molecule has 3 nitrogen and oxygen atoms in total. The van der Waals surface area contributed by atoms with Crippen molar-refractivity contribution in [2.24, 2.45) is 11.7 Å². The number of benzene rings is 1. The van der Waals surface area contributed by atoms with E-state index in [1.165, 1.54) is 5.56 Å². The van der Waals surface area contributed by atoms with Gasteiger partial charge in [-0.15, -0.1) is 0 Å². The Morgan fingerprint density at radius 1 is 1.33 bits per heavy atom. The quantitative estimate of drug-likeness (QED) is 0.907. The van der Waals surface area contributed by atoms with Crippen molar-refractivity contribution in [2.75, 3.05) is 11.5 Å². The third kappa shape index (κ3) is 3.33. The molecule has 0 aromatic heterocycles. The highest BCUT2D eigenvalue weighted by molar-refractivity contribution is 7.91. The molecule has 0 bridgehead atoms. The Morgan fingerprint density at radius 3 is 2.56 bits per heavy atom. The molecule has 0 radical (unpaired) electrons. The average molecular weight is 267 g/mol. The maximum Gasteiger partial charge on any atom is 0.150 e. The van der Waals surface area contributed by atoms with Crippen LogP contribution in [0.2, 0.25) is 0 Å². The van der Waals surface area contributed by atoms with Crippen LogP contribution in [0, 0.1) is 5.92 Å². The van der Waals surface area contributed by atoms with Gasteiger partial charge in [0.2, 0.25) is 0 Å². The summed E-state index contributed by atoms with van der Waals surface area (Å²) in [6, 6.07) is 10.2. The second-order valence-electron chi connectivity index (χ2n) is 5.37. The van der Waals surface area contributed by atoms with Gasteiger partial charge in [0.1, 0.15) is 0 Å². The second kappa shape index (κ2) is 5.41. The van der Waals surface area contributed by atoms with E-state index in [0.717, 1.165) is 12.8 Å². The van der Waals surface area contributed by atoms with Crippen LogP contribution in [0.25, 0.3) is 0 Å². The first-order valence-corrected chi connectivity index (χ1v) is 8.31. The molecule has 3 atom stereocenters. The van der Waals surface area contributed by atoms with Gasteiger partial charge in [0.25, 0.3) is 0 Å². The summed E-state index contributed by atoms with van der Waals surface area (Å²) < 4.78 is 22.9. The first-order valence-electron chi connectivity index (χ1n) is 6.49. The van der Waals surface area contributed by atoms with Crippen molar-refractivity contribution >= 4 is 9.84 Å². The molecule has 0 saturated carbocycles. The highest BCUT2D eigenvalue weighted by atomic mass is 32.2. The summed E-state index contributed by atoms with van der Waals surface area (Å²) in [5.41, 5.74) is 7.45. The van der Waals surface area contributed by atoms with Crippen molar-refractivity contribution in [3.05, 3.63) is 35.9 Å². The molecular weight excluding hydrogens is 246 g/mol. The van der Waals surface area contributed by atoms with E-state index in [1.54, 1.807) is 0 Å². The molecule has 100 valence electrons. The zero-order valence-corrected chi connectivity index (χ0v) is 11.6. The van der Waals surface area contributed by atoms with Crippen molar-refractivity contribution in [3.8, 4) is 0 Å². The van der Waals surface area contributed by atoms with E-state index in [0.29, 0.717) is 11.7 Å². The molecule has 3 unspecified atom stereocenters. The molecule has 1 aromatic rings. The zero-order chi connectivity index (χ0) is 13.2. The summed E-state index contributed by atoms with van der Waals surface area (Å²) >= 11 is 0. The largest absolute Gasteiger partial charge is 0.327 e. The van der Waals surface area contributed by atoms with Crippen LogP contribution in [-0.4, -0.2) is 26.0 Å². The van der Waals surface area contributed by atoms with Gasteiger partial charge in [-0.05, 0) is 30.2 Å². The van der Waals surface area contributed by atoms with Gasteiger partial charge in [-0.1, -0.05) is 37.3 Å². The monoisotopic (exact) mass is 267 g/mol. The van der Waals surface area contributed by atoms with Crippen LogP contribution in [0.5, 0.6) is 0 Å². The van der Waals surface area contributed by atoms with Gasteiger partial charge in [0.15, 0.2) is 9.84 Å². The molecule has 0 spiro atoms. The van der Waals surface area contributed by atoms with Crippen molar-refractivity contribution in [1.82, 2.24) is 0 Å². The Balaban J connectivity index is 1.94. The Kier molecular flexibility index (Phi) is 4.07. The maximum atomic E-state index is 11.4. The van der Waals surface area contributed by atoms with E-state index in [4.69, 9.17) is 5.73 Å². The first-order chi connectivity index (χ1) is 8.48. The summed E-state index contributed by atoms with van der Waals surface area (Å²) in [6.07, 6.45) is 1.58. The molecule has 1 aliphatic rings. The van der Waals surface area contributed by atoms with Crippen molar-refractivity contribution in [2.45, 2.75) is 31.7 Å². The van der Waals surface area contributed by atoms with E-state index < -0.39 is 9.84 Å². The fraction of sp³-hybridized carbons (Fsp3) is 0.571. The third-order valence-electron chi connectivity index (χ3n) is 3.87. The van der Waals surface area contributed by atoms with Crippen molar-refractivity contribution < 1.29 is 8.42 Å². The van der Waals surface area contributed by atoms with E-state index in [9.17, 15) is 8.42 Å². The number of hydrogen-bond donors (Lipinski definition) is 1. The number of nitrogens with two attached hydrogens (primary N) is 1. The van der Waals surface area contributed by atoms with Gasteiger partial charge in [0, 0.05) is 6.04 Å². The van der Waals surface area contributed by atoms with Crippen LogP contribution in [0.1, 0.15) is 31.2 Å². The molecule has 1 saturated heterocycles. The summed E-state index contributed by atoms with van der Waals surface area (Å²) in [4.78, 5) is 0. The lowest BCUT2D eigenvalue weighted by atomic mass is 9.88. The lowest BCUT2D eigenvalue weighted by molar-refractivity contribution is 0.415. The highest BCUT2D eigenvalue weighted by Gasteiger charge is 2.32. The van der Waals surface area contributed by atoms with Gasteiger partial charge in [-0.2, -0.15) is 0 Å². The van der Waals surface area contributed by atoms with Crippen LogP contribution >= 0.6 is 0 Å². The Bertz CT molecular complexity index is 484. The van der Waals surface area contributed by atoms with Crippen molar-refractivity contribution in [3.63, 3.8) is 0 Å². The third-order valence-corrected chi connectivity index (χ3v) is 5.66. The summed E-state index contributed by atoms with van der Waals surface area (Å²) in [6.45, 7) is 2.15. The van der Waals surface area contributed by atoms with Gasteiger partial charge in [-0.25, -0.2) is 8.42 Å². The van der Waals surface area contributed by atoms with Crippen LogP contribution in [0.15, 0.2) is 30.3 Å². The summed E-state index contributed by atoms with van der Waals surface area (Å²) in [5.74, 6) is 1.10. The van der Waals surface area contributed by atoms with Crippen LogP contribution in [0.3, 0.4) is 0 Å². The molecule has 1 aliphatic heterocycles. The number of rotatable bonds is 4. The van der Waals surface area contributed by atoms with Gasteiger partial charge in [0.05, 0.1) is 11.5 Å². The molecule has 1 fully saturated rings. The van der Waals surface area contributed by atoms with Gasteiger partial charge < -0.3 is 5.73 Å². The highest BCUT2D eigenvalue weighted by Crippen LogP contribution is 2.27. The molecule has 0 amide bonds. The minimum atomic E-state index is -2.82. The fourth-order valence-corrected chi connectivity index (χ4v) is 4.57. The molecule has 2 N–H and O–H groups in total. The van der Waals surface area contributed by atoms with Crippen molar-refractivity contribution in [1.29, 1.82) is 0 Å². The zero-order valence-electron chi connectivity index (χ0n) is 10.7. The maximum absolute atomic E-state index is 11.4. The average Bonchev–Trinajstić information content (AvgIpc) is 2.71. The van der Waals surface area contributed by atoms with E-state index >= 15 is 0 Å². The van der Waals surface area contributed by atoms with Gasteiger partial charge >= 0.3 is 0 Å². The van der Waals surface area contributed by atoms with Crippen LogP contribution in [0.4, 0.5) is 0 Å². The second-order valence-corrected chi connectivity index (χ2v) is 7.60. The van der Waals surface area contributed by atoms with E-state index in [1.807, 2.05) is 18.2 Å². The minimum Gasteiger partial charge on any atom is -0.327 e. The Morgan fingerprint density at radius 2 is 2.00 bits per heavy atom. The molecular formula is C14H21NO2S. The molecule has 1 aromatic carbocycles. The smallest absolute Gasteiger partial charge is 0.150 e. The summed E-state index contributed by atoms with van der Waals surface area (Å²) in [7, 11) is -2.82. The molecule has 4 heteroatoms. The number of sulfone groups is 1. The fourth-order valence-electron chi connectivity index (χ4n) is 2.68. The molecule has 1 heterocycles. The Hall–Kier alpha value is -0.870. The lowest BCUT2D eigenvalue weighted by Crippen LogP contribution is -2.32. The van der Waals surface area contributed by atoms with E-state index in [2.05, 4.69) is 19.1 Å². The predicted molar refractivity (Wildman–Crippen MR) is 74.2 cm³/mol. The molecule has 2 rings (SSSR count). The lowest BCUT2D eigenvalue weighted by Gasteiger charge is -2.22. The predicted octanol–water partition coefficient (Wildman–Crippen LogP) is 1.94. The SMILES string of the molecule is CC(CC(N)C1CCS(=O)(=O)C1)c1ccccc1. The summed E-state index contributed by atoms with van der Waals surface area (Å²) in [5, 5.41) is 0. The standard InChI is InChI=1S/C14H21NO2S/c1-11(12-5-3-2-4-6-12)9-14(15)13-7-8-18(16,17)10-13/h2-6,11,13-14H,7-10,15H2,1H3. The normalized spacial score (nSPS) is 25.8. The van der Waals surface area contributed by atoms with Gasteiger partial charge in [-0.3, -0.25) is 0 Å². The van der Waals surface area contributed by atoms with Crippen LogP contribution < -0.4 is 5.73 Å². The minimum absolute atomic E-state index is 0.0162.